The van der Waals surface area contributed by atoms with E-state index in [0.29, 0.717) is 25.6 Å². The van der Waals surface area contributed by atoms with Crippen LogP contribution in [0.1, 0.15) is 30.8 Å². The molecular weight excluding hydrogens is 316 g/mol. The minimum absolute atomic E-state index is 0.0172. The number of hydrogen-bond acceptors (Lipinski definition) is 3. The van der Waals surface area contributed by atoms with Crippen LogP contribution in [-0.2, 0) is 30.9 Å². The van der Waals surface area contributed by atoms with Crippen molar-refractivity contribution in [2.24, 2.45) is 5.92 Å². The molecule has 6 heteroatoms. The Hall–Kier alpha value is -2.34. The summed E-state index contributed by atoms with van der Waals surface area (Å²) in [5, 5.41) is 5.76. The molecule has 1 aliphatic rings. The van der Waals surface area contributed by atoms with Crippen molar-refractivity contribution < 1.29 is 9.53 Å². The van der Waals surface area contributed by atoms with E-state index in [1.54, 1.807) is 6.20 Å². The van der Waals surface area contributed by atoms with E-state index in [4.69, 9.17) is 4.74 Å². The number of rotatable bonds is 6. The minimum atomic E-state index is -0.193. The van der Waals surface area contributed by atoms with Gasteiger partial charge in [0.2, 0.25) is 0 Å². The molecule has 25 heavy (non-hydrogen) atoms. The topological polar surface area (TPSA) is 68.2 Å². The summed E-state index contributed by atoms with van der Waals surface area (Å²) in [5.41, 5.74) is 2.54. The van der Waals surface area contributed by atoms with E-state index in [-0.39, 0.29) is 12.1 Å². The number of carbonyl (C=O) groups excluding carboxylic acids is 1. The number of aromatic nitrogens is 2. The fourth-order valence-corrected chi connectivity index (χ4v) is 3.04. The Bertz CT molecular complexity index is 711. The van der Waals surface area contributed by atoms with Gasteiger partial charge in [0.15, 0.2) is 0 Å². The summed E-state index contributed by atoms with van der Waals surface area (Å²) in [6.45, 7) is 6.74. The van der Waals surface area contributed by atoms with Crippen molar-refractivity contribution >= 4 is 6.03 Å². The van der Waals surface area contributed by atoms with Gasteiger partial charge in [0.25, 0.3) is 0 Å². The van der Waals surface area contributed by atoms with Crippen molar-refractivity contribution in [3.8, 4) is 0 Å². The minimum Gasteiger partial charge on any atom is -0.371 e. The van der Waals surface area contributed by atoms with Crippen LogP contribution in [0.25, 0.3) is 0 Å². The van der Waals surface area contributed by atoms with Gasteiger partial charge < -0.3 is 19.9 Å². The summed E-state index contributed by atoms with van der Waals surface area (Å²) in [4.78, 5) is 16.4. The number of imidazole rings is 1. The average Bonchev–Trinajstić information content (AvgIpc) is 3.04. The molecule has 1 aromatic carbocycles. The molecule has 0 unspecified atom stereocenters. The average molecular weight is 342 g/mol. The first kappa shape index (κ1) is 17.5. The van der Waals surface area contributed by atoms with Gasteiger partial charge in [-0.05, 0) is 17.0 Å². The molecule has 134 valence electrons. The van der Waals surface area contributed by atoms with Crippen LogP contribution < -0.4 is 10.6 Å². The fraction of sp³-hybridized carbons (Fsp3) is 0.474. The molecule has 0 spiro atoms. The second-order valence-electron chi connectivity index (χ2n) is 6.86. The number of fused-ring (bicyclic) bond motifs is 1. The van der Waals surface area contributed by atoms with Gasteiger partial charge in [-0.2, -0.15) is 0 Å². The molecule has 0 aliphatic carbocycles. The largest absolute Gasteiger partial charge is 0.371 e. The smallest absolute Gasteiger partial charge is 0.315 e. The van der Waals surface area contributed by atoms with Crippen LogP contribution in [0.15, 0.2) is 36.7 Å². The Balaban J connectivity index is 1.43. The molecule has 0 radical (unpaired) electrons. The summed E-state index contributed by atoms with van der Waals surface area (Å²) < 4.78 is 7.88. The number of amides is 2. The summed E-state index contributed by atoms with van der Waals surface area (Å²) in [5.74, 6) is 1.40. The SMILES string of the molecule is CC(C)Cn1ccnc1CNC(=O)NC[C@@H]1Cc2ccccc2CO1. The predicted octanol–water partition coefficient (Wildman–Crippen LogP) is 2.48. The maximum atomic E-state index is 12.0. The number of carbonyl (C=O) groups is 1. The lowest BCUT2D eigenvalue weighted by atomic mass is 9.99. The molecule has 2 heterocycles. The van der Waals surface area contributed by atoms with E-state index in [1.807, 2.05) is 18.3 Å². The molecule has 2 amide bonds. The number of ether oxygens (including phenoxy) is 1. The van der Waals surface area contributed by atoms with Crippen molar-refractivity contribution in [1.82, 2.24) is 20.2 Å². The van der Waals surface area contributed by atoms with E-state index in [0.717, 1.165) is 18.8 Å². The lowest BCUT2D eigenvalue weighted by Crippen LogP contribution is -2.42. The third kappa shape index (κ3) is 4.82. The molecule has 1 atom stereocenters. The normalized spacial score (nSPS) is 16.5. The van der Waals surface area contributed by atoms with Crippen LogP contribution in [-0.4, -0.2) is 28.2 Å². The molecule has 2 N–H and O–H groups in total. The Morgan fingerprint density at radius 1 is 1.32 bits per heavy atom. The molecule has 1 aromatic heterocycles. The highest BCUT2D eigenvalue weighted by Crippen LogP contribution is 2.19. The Morgan fingerprint density at radius 3 is 2.92 bits per heavy atom. The second kappa shape index (κ2) is 8.16. The van der Waals surface area contributed by atoms with E-state index >= 15 is 0 Å². The van der Waals surface area contributed by atoms with Crippen LogP contribution in [0.5, 0.6) is 0 Å². The number of benzene rings is 1. The molecule has 1 aliphatic heterocycles. The first-order valence-corrected chi connectivity index (χ1v) is 8.82. The molecule has 0 fully saturated rings. The maximum absolute atomic E-state index is 12.0. The van der Waals surface area contributed by atoms with Crippen LogP contribution in [0.3, 0.4) is 0 Å². The summed E-state index contributed by atoms with van der Waals surface area (Å²) >= 11 is 0. The van der Waals surface area contributed by atoms with Crippen LogP contribution in [0, 0.1) is 5.92 Å². The Kier molecular flexibility index (Phi) is 5.71. The zero-order chi connectivity index (χ0) is 17.6. The van der Waals surface area contributed by atoms with Gasteiger partial charge in [0.1, 0.15) is 5.82 Å². The third-order valence-corrected chi connectivity index (χ3v) is 4.30. The van der Waals surface area contributed by atoms with Gasteiger partial charge in [-0.15, -0.1) is 0 Å². The summed E-state index contributed by atoms with van der Waals surface area (Å²) in [7, 11) is 0. The molecule has 0 saturated heterocycles. The molecular formula is C19H26N4O2. The van der Waals surface area contributed by atoms with Crippen molar-refractivity contribution in [2.45, 2.75) is 46.1 Å². The quantitative estimate of drug-likeness (QED) is 0.847. The number of nitrogens with zero attached hydrogens (tertiary/aromatic N) is 2. The predicted molar refractivity (Wildman–Crippen MR) is 96.0 cm³/mol. The van der Waals surface area contributed by atoms with Crippen LogP contribution in [0.4, 0.5) is 4.79 Å². The van der Waals surface area contributed by atoms with Gasteiger partial charge in [0.05, 0.1) is 19.3 Å². The van der Waals surface area contributed by atoms with Crippen molar-refractivity contribution in [3.05, 3.63) is 53.6 Å². The lowest BCUT2D eigenvalue weighted by Gasteiger charge is -2.25. The van der Waals surface area contributed by atoms with E-state index in [9.17, 15) is 4.79 Å². The Labute approximate surface area is 148 Å². The standard InChI is InChI=1S/C19H26N4O2/c1-14(2)12-23-8-7-20-18(23)11-22-19(24)21-10-17-9-15-5-3-4-6-16(15)13-25-17/h3-8,14,17H,9-13H2,1-2H3,(H2,21,22,24)/t17-/m0/s1. The third-order valence-electron chi connectivity index (χ3n) is 4.30. The van der Waals surface area contributed by atoms with Gasteiger partial charge >= 0.3 is 6.03 Å². The summed E-state index contributed by atoms with van der Waals surface area (Å²) in [6, 6.07) is 8.09. The highest BCUT2D eigenvalue weighted by molar-refractivity contribution is 5.73. The fourth-order valence-electron chi connectivity index (χ4n) is 3.04. The zero-order valence-corrected chi connectivity index (χ0v) is 14.9. The van der Waals surface area contributed by atoms with Crippen LogP contribution >= 0.6 is 0 Å². The number of nitrogens with one attached hydrogen (secondary N) is 2. The molecule has 3 rings (SSSR count). The maximum Gasteiger partial charge on any atom is 0.315 e. The van der Waals surface area contributed by atoms with Crippen LogP contribution in [0.2, 0.25) is 0 Å². The highest BCUT2D eigenvalue weighted by atomic mass is 16.5. The van der Waals surface area contributed by atoms with Gasteiger partial charge in [-0.3, -0.25) is 0 Å². The van der Waals surface area contributed by atoms with Crippen molar-refractivity contribution in [2.75, 3.05) is 6.54 Å². The summed E-state index contributed by atoms with van der Waals surface area (Å²) in [6.07, 6.45) is 4.56. The molecule has 6 nitrogen and oxygen atoms in total. The van der Waals surface area contributed by atoms with Gasteiger partial charge in [0, 0.05) is 31.9 Å². The number of hydrogen-bond donors (Lipinski definition) is 2. The molecule has 0 bridgehead atoms. The van der Waals surface area contributed by atoms with Gasteiger partial charge in [-0.1, -0.05) is 38.1 Å². The molecule has 0 saturated carbocycles. The first-order chi connectivity index (χ1) is 12.1. The van der Waals surface area contributed by atoms with Crippen molar-refractivity contribution in [3.63, 3.8) is 0 Å². The van der Waals surface area contributed by atoms with E-state index in [2.05, 4.69) is 46.2 Å². The van der Waals surface area contributed by atoms with E-state index in [1.165, 1.54) is 11.1 Å². The lowest BCUT2D eigenvalue weighted by molar-refractivity contribution is 0.0305. The van der Waals surface area contributed by atoms with Crippen molar-refractivity contribution in [1.29, 1.82) is 0 Å². The first-order valence-electron chi connectivity index (χ1n) is 8.82. The number of urea groups is 1. The Morgan fingerprint density at radius 2 is 2.12 bits per heavy atom. The highest BCUT2D eigenvalue weighted by Gasteiger charge is 2.19. The van der Waals surface area contributed by atoms with Gasteiger partial charge in [-0.25, -0.2) is 9.78 Å². The van der Waals surface area contributed by atoms with E-state index < -0.39 is 0 Å². The monoisotopic (exact) mass is 342 g/mol. The second-order valence-corrected chi connectivity index (χ2v) is 6.86. The zero-order valence-electron chi connectivity index (χ0n) is 14.9. The molecule has 2 aromatic rings.